The monoisotopic (exact) mass is 314 g/mol. The molecule has 0 saturated carbocycles. The second-order valence-electron chi connectivity index (χ2n) is 4.82. The molecule has 2 rings (SSSR count). The zero-order valence-corrected chi connectivity index (χ0v) is 12.9. The van der Waals surface area contributed by atoms with Crippen LogP contribution in [-0.4, -0.2) is 26.0 Å². The third kappa shape index (κ3) is 4.00. The van der Waals surface area contributed by atoms with Crippen LogP contribution in [0.5, 0.6) is 11.5 Å². The maximum Gasteiger partial charge on any atom is 0.252 e. The number of ether oxygens (including phenoxy) is 2. The highest BCUT2D eigenvalue weighted by molar-refractivity contribution is 5.98. The van der Waals surface area contributed by atoms with Gasteiger partial charge in [-0.2, -0.15) is 0 Å². The summed E-state index contributed by atoms with van der Waals surface area (Å²) in [5.74, 6) is -0.135. The molecule has 0 saturated heterocycles. The molecule has 0 heterocycles. The SMILES string of the molecule is COc1cc(OC)cc(C(=O)N[C@@H](C(N)=O)c2ccccc2)c1. The van der Waals surface area contributed by atoms with Gasteiger partial charge in [-0.1, -0.05) is 30.3 Å². The number of hydrogen-bond donors (Lipinski definition) is 2. The average Bonchev–Trinajstić information content (AvgIpc) is 2.59. The molecule has 1 atom stereocenters. The zero-order chi connectivity index (χ0) is 16.8. The fraction of sp³-hybridized carbons (Fsp3) is 0.176. The highest BCUT2D eigenvalue weighted by Crippen LogP contribution is 2.23. The predicted molar refractivity (Wildman–Crippen MR) is 85.4 cm³/mol. The van der Waals surface area contributed by atoms with Gasteiger partial charge in [0.1, 0.15) is 17.5 Å². The van der Waals surface area contributed by atoms with E-state index in [1.54, 1.807) is 42.5 Å². The van der Waals surface area contributed by atoms with E-state index in [-0.39, 0.29) is 0 Å². The Bertz CT molecular complexity index is 679. The Hall–Kier alpha value is -3.02. The van der Waals surface area contributed by atoms with Crippen LogP contribution in [0.25, 0.3) is 0 Å². The largest absolute Gasteiger partial charge is 0.497 e. The molecule has 0 fully saturated rings. The fourth-order valence-corrected chi connectivity index (χ4v) is 2.12. The molecule has 23 heavy (non-hydrogen) atoms. The Morgan fingerprint density at radius 2 is 1.57 bits per heavy atom. The van der Waals surface area contributed by atoms with Crippen molar-refractivity contribution in [3.63, 3.8) is 0 Å². The highest BCUT2D eigenvalue weighted by Gasteiger charge is 2.21. The molecule has 0 aliphatic rings. The van der Waals surface area contributed by atoms with Gasteiger partial charge in [-0.05, 0) is 17.7 Å². The minimum atomic E-state index is -0.916. The molecular weight excluding hydrogens is 296 g/mol. The third-order valence-electron chi connectivity index (χ3n) is 3.31. The second kappa shape index (κ2) is 7.31. The van der Waals surface area contributed by atoms with Gasteiger partial charge in [0.2, 0.25) is 5.91 Å². The Morgan fingerprint density at radius 1 is 1.00 bits per heavy atom. The van der Waals surface area contributed by atoms with Gasteiger partial charge in [-0.25, -0.2) is 0 Å². The number of carbonyl (C=O) groups is 2. The van der Waals surface area contributed by atoms with Crippen LogP contribution in [0.1, 0.15) is 22.0 Å². The van der Waals surface area contributed by atoms with Crippen molar-refractivity contribution in [3.8, 4) is 11.5 Å². The van der Waals surface area contributed by atoms with E-state index in [0.717, 1.165) is 0 Å². The first-order valence-corrected chi connectivity index (χ1v) is 6.93. The summed E-state index contributed by atoms with van der Waals surface area (Å²) in [7, 11) is 2.99. The number of primary amides is 1. The minimum absolute atomic E-state index is 0.309. The Kier molecular flexibility index (Phi) is 5.19. The summed E-state index contributed by atoms with van der Waals surface area (Å²) in [4.78, 5) is 24.1. The van der Waals surface area contributed by atoms with Crippen molar-refractivity contribution in [2.24, 2.45) is 5.73 Å². The van der Waals surface area contributed by atoms with Gasteiger partial charge in [0.25, 0.3) is 5.91 Å². The van der Waals surface area contributed by atoms with Crippen LogP contribution < -0.4 is 20.5 Å². The lowest BCUT2D eigenvalue weighted by atomic mass is 10.1. The molecule has 3 N–H and O–H groups in total. The van der Waals surface area contributed by atoms with Crippen LogP contribution in [0.3, 0.4) is 0 Å². The van der Waals surface area contributed by atoms with Crippen LogP contribution in [0.2, 0.25) is 0 Å². The Labute approximate surface area is 134 Å². The standard InChI is InChI=1S/C17H18N2O4/c1-22-13-8-12(9-14(10-13)23-2)17(21)19-15(16(18)20)11-6-4-3-5-7-11/h3-10,15H,1-2H3,(H2,18,20)(H,19,21)/t15-/m1/s1. The third-order valence-corrected chi connectivity index (χ3v) is 3.31. The van der Waals surface area contributed by atoms with E-state index in [4.69, 9.17) is 15.2 Å². The van der Waals surface area contributed by atoms with Crippen LogP contribution in [-0.2, 0) is 4.79 Å². The van der Waals surface area contributed by atoms with Crippen LogP contribution in [0, 0.1) is 0 Å². The molecule has 0 aromatic heterocycles. The normalized spacial score (nSPS) is 11.4. The molecule has 120 valence electrons. The lowest BCUT2D eigenvalue weighted by Gasteiger charge is -2.16. The Morgan fingerprint density at radius 3 is 2.04 bits per heavy atom. The van der Waals surface area contributed by atoms with Gasteiger partial charge >= 0.3 is 0 Å². The van der Waals surface area contributed by atoms with Crippen LogP contribution in [0.15, 0.2) is 48.5 Å². The average molecular weight is 314 g/mol. The van der Waals surface area contributed by atoms with Gasteiger partial charge in [-0.15, -0.1) is 0 Å². The van der Waals surface area contributed by atoms with E-state index in [1.165, 1.54) is 14.2 Å². The molecule has 0 aliphatic heterocycles. The summed E-state index contributed by atoms with van der Waals surface area (Å²) in [5, 5.41) is 2.63. The van der Waals surface area contributed by atoms with Crippen LogP contribution >= 0.6 is 0 Å². The molecule has 2 amide bonds. The number of nitrogens with two attached hydrogens (primary N) is 1. The van der Waals surface area contributed by atoms with E-state index >= 15 is 0 Å². The molecule has 0 radical (unpaired) electrons. The van der Waals surface area contributed by atoms with Gasteiger partial charge in [0.05, 0.1) is 14.2 Å². The fourth-order valence-electron chi connectivity index (χ4n) is 2.12. The van der Waals surface area contributed by atoms with Crippen molar-refractivity contribution in [2.45, 2.75) is 6.04 Å². The van der Waals surface area contributed by atoms with Gasteiger partial charge in [-0.3, -0.25) is 9.59 Å². The first-order valence-electron chi connectivity index (χ1n) is 6.93. The smallest absolute Gasteiger partial charge is 0.252 e. The predicted octanol–water partition coefficient (Wildman–Crippen LogP) is 1.66. The molecule has 2 aromatic rings. The van der Waals surface area contributed by atoms with Crippen molar-refractivity contribution in [2.75, 3.05) is 14.2 Å². The van der Waals surface area contributed by atoms with Crippen molar-refractivity contribution in [1.29, 1.82) is 0 Å². The van der Waals surface area contributed by atoms with Gasteiger partial charge < -0.3 is 20.5 Å². The highest BCUT2D eigenvalue weighted by atomic mass is 16.5. The Balaban J connectivity index is 2.27. The minimum Gasteiger partial charge on any atom is -0.497 e. The maximum atomic E-state index is 12.4. The number of nitrogens with one attached hydrogen (secondary N) is 1. The number of hydrogen-bond acceptors (Lipinski definition) is 4. The summed E-state index contributed by atoms with van der Waals surface area (Å²) in [6.07, 6.45) is 0. The lowest BCUT2D eigenvalue weighted by molar-refractivity contribution is -0.120. The summed E-state index contributed by atoms with van der Waals surface area (Å²) < 4.78 is 10.3. The maximum absolute atomic E-state index is 12.4. The molecule has 0 bridgehead atoms. The van der Waals surface area contributed by atoms with Crippen molar-refractivity contribution in [3.05, 3.63) is 59.7 Å². The summed E-state index contributed by atoms with van der Waals surface area (Å²) in [5.41, 5.74) is 6.33. The van der Waals surface area contributed by atoms with E-state index in [9.17, 15) is 9.59 Å². The molecule has 0 aliphatic carbocycles. The summed E-state index contributed by atoms with van der Waals surface area (Å²) in [6, 6.07) is 12.7. The first-order chi connectivity index (χ1) is 11.0. The zero-order valence-electron chi connectivity index (χ0n) is 12.9. The number of rotatable bonds is 6. The number of benzene rings is 2. The molecule has 6 nitrogen and oxygen atoms in total. The molecular formula is C17H18N2O4. The number of methoxy groups -OCH3 is 2. The number of amides is 2. The molecule has 2 aromatic carbocycles. The lowest BCUT2D eigenvalue weighted by Crippen LogP contribution is -2.37. The van der Waals surface area contributed by atoms with E-state index in [0.29, 0.717) is 22.6 Å². The number of carbonyl (C=O) groups excluding carboxylic acids is 2. The summed E-state index contributed by atoms with van der Waals surface area (Å²) in [6.45, 7) is 0. The van der Waals surface area contributed by atoms with E-state index < -0.39 is 17.9 Å². The van der Waals surface area contributed by atoms with Crippen molar-refractivity contribution < 1.29 is 19.1 Å². The molecule has 0 spiro atoms. The van der Waals surface area contributed by atoms with Crippen molar-refractivity contribution >= 4 is 11.8 Å². The summed E-state index contributed by atoms with van der Waals surface area (Å²) >= 11 is 0. The van der Waals surface area contributed by atoms with Crippen molar-refractivity contribution in [1.82, 2.24) is 5.32 Å². The van der Waals surface area contributed by atoms with Gasteiger partial charge in [0, 0.05) is 11.6 Å². The quantitative estimate of drug-likeness (QED) is 0.848. The molecule has 0 unspecified atom stereocenters. The second-order valence-corrected chi connectivity index (χ2v) is 4.82. The topological polar surface area (TPSA) is 90.7 Å². The first kappa shape index (κ1) is 16.4. The van der Waals surface area contributed by atoms with E-state index in [1.807, 2.05) is 6.07 Å². The molecule has 6 heteroatoms. The van der Waals surface area contributed by atoms with Crippen LogP contribution in [0.4, 0.5) is 0 Å². The van der Waals surface area contributed by atoms with E-state index in [2.05, 4.69) is 5.32 Å². The van der Waals surface area contributed by atoms with Gasteiger partial charge in [0.15, 0.2) is 0 Å².